The molecule has 2 aromatic carbocycles. The highest BCUT2D eigenvalue weighted by Crippen LogP contribution is 2.09. The lowest BCUT2D eigenvalue weighted by molar-refractivity contribution is -0.143. The van der Waals surface area contributed by atoms with Gasteiger partial charge in [-0.15, -0.1) is 0 Å². The summed E-state index contributed by atoms with van der Waals surface area (Å²) in [4.78, 5) is 23.3. The number of aromatic hydroxyl groups is 1. The number of nitrogens with one attached hydrogen (secondary N) is 1. The summed E-state index contributed by atoms with van der Waals surface area (Å²) in [6.45, 7) is -0.0265. The van der Waals surface area contributed by atoms with Gasteiger partial charge in [0.2, 0.25) is 0 Å². The number of phenolic OH excluding ortho intramolecular Hbond substituents is 1. The predicted octanol–water partition coefficient (Wildman–Crippen LogP) is 1.87. The van der Waals surface area contributed by atoms with Crippen LogP contribution in [0.4, 0.5) is 0 Å². The van der Waals surface area contributed by atoms with Crippen LogP contribution in [0.3, 0.4) is 0 Å². The zero-order chi connectivity index (χ0) is 15.1. The number of phenols is 1. The third-order valence-electron chi connectivity index (χ3n) is 2.77. The Bertz CT molecular complexity index is 608. The molecule has 0 unspecified atom stereocenters. The standard InChI is InChI=1S/C16H15NO4/c18-14-8-6-13(7-9-14)16(20)17-10-15(19)21-11-12-4-2-1-3-5-12/h1-9,18H,10-11H2,(H,17,20). The second kappa shape index (κ2) is 7.09. The van der Waals surface area contributed by atoms with Crippen LogP contribution in [0.15, 0.2) is 54.6 Å². The van der Waals surface area contributed by atoms with Crippen molar-refractivity contribution in [2.24, 2.45) is 0 Å². The van der Waals surface area contributed by atoms with Gasteiger partial charge in [-0.2, -0.15) is 0 Å². The van der Waals surface area contributed by atoms with Gasteiger partial charge in [0.25, 0.3) is 5.91 Å². The van der Waals surface area contributed by atoms with E-state index in [4.69, 9.17) is 9.84 Å². The van der Waals surface area contributed by atoms with Crippen molar-refractivity contribution in [3.05, 3.63) is 65.7 Å². The van der Waals surface area contributed by atoms with Crippen molar-refractivity contribution >= 4 is 11.9 Å². The molecular formula is C16H15NO4. The molecule has 0 bridgehead atoms. The Morgan fingerprint density at radius 2 is 1.67 bits per heavy atom. The van der Waals surface area contributed by atoms with Crippen LogP contribution in [0.25, 0.3) is 0 Å². The van der Waals surface area contributed by atoms with Crippen LogP contribution >= 0.6 is 0 Å². The van der Waals surface area contributed by atoms with E-state index in [0.29, 0.717) is 5.56 Å². The van der Waals surface area contributed by atoms with Gasteiger partial charge in [0.15, 0.2) is 0 Å². The number of rotatable bonds is 5. The molecule has 0 radical (unpaired) electrons. The molecule has 0 aromatic heterocycles. The van der Waals surface area contributed by atoms with E-state index in [0.717, 1.165) is 5.56 Å². The minimum Gasteiger partial charge on any atom is -0.508 e. The van der Waals surface area contributed by atoms with Crippen molar-refractivity contribution in [2.45, 2.75) is 6.61 Å². The van der Waals surface area contributed by atoms with Gasteiger partial charge in [-0.25, -0.2) is 0 Å². The number of carbonyl (C=O) groups is 2. The molecule has 0 aliphatic heterocycles. The maximum absolute atomic E-state index is 11.7. The number of amides is 1. The van der Waals surface area contributed by atoms with Crippen molar-refractivity contribution in [1.82, 2.24) is 5.32 Å². The average molecular weight is 285 g/mol. The van der Waals surface area contributed by atoms with Gasteiger partial charge in [-0.3, -0.25) is 9.59 Å². The summed E-state index contributed by atoms with van der Waals surface area (Å²) in [5.74, 6) is -0.827. The van der Waals surface area contributed by atoms with Gasteiger partial charge in [0.05, 0.1) is 0 Å². The number of ether oxygens (including phenoxy) is 1. The molecular weight excluding hydrogens is 270 g/mol. The molecule has 108 valence electrons. The number of benzene rings is 2. The van der Waals surface area contributed by atoms with Crippen molar-refractivity contribution in [1.29, 1.82) is 0 Å². The quantitative estimate of drug-likeness (QED) is 0.822. The maximum atomic E-state index is 11.7. The third kappa shape index (κ3) is 4.65. The van der Waals surface area contributed by atoms with Crippen molar-refractivity contribution in [3.63, 3.8) is 0 Å². The van der Waals surface area contributed by atoms with Crippen LogP contribution in [-0.2, 0) is 16.1 Å². The minimum atomic E-state index is -0.508. The summed E-state index contributed by atoms with van der Waals surface area (Å²) in [7, 11) is 0. The molecule has 21 heavy (non-hydrogen) atoms. The molecule has 0 spiro atoms. The second-order valence-electron chi connectivity index (χ2n) is 4.38. The number of hydrogen-bond acceptors (Lipinski definition) is 4. The molecule has 2 aromatic rings. The normalized spacial score (nSPS) is 9.90. The first-order chi connectivity index (χ1) is 10.1. The van der Waals surface area contributed by atoms with Crippen LogP contribution in [0.5, 0.6) is 5.75 Å². The smallest absolute Gasteiger partial charge is 0.325 e. The SMILES string of the molecule is O=C(CNC(=O)c1ccc(O)cc1)OCc1ccccc1. The highest BCUT2D eigenvalue weighted by atomic mass is 16.5. The van der Waals surface area contributed by atoms with E-state index in [-0.39, 0.29) is 18.9 Å². The highest BCUT2D eigenvalue weighted by molar-refractivity contribution is 5.95. The van der Waals surface area contributed by atoms with Gasteiger partial charge < -0.3 is 15.2 Å². The first-order valence-electron chi connectivity index (χ1n) is 6.42. The zero-order valence-corrected chi connectivity index (χ0v) is 11.3. The van der Waals surface area contributed by atoms with E-state index in [1.54, 1.807) is 0 Å². The highest BCUT2D eigenvalue weighted by Gasteiger charge is 2.08. The summed E-state index contributed by atoms with van der Waals surface area (Å²) < 4.78 is 5.04. The van der Waals surface area contributed by atoms with Crippen LogP contribution in [0.1, 0.15) is 15.9 Å². The monoisotopic (exact) mass is 285 g/mol. The lowest BCUT2D eigenvalue weighted by atomic mass is 10.2. The molecule has 0 atom stereocenters. The Labute approximate surface area is 122 Å². The fraction of sp³-hybridized carbons (Fsp3) is 0.125. The molecule has 0 aliphatic rings. The van der Waals surface area contributed by atoms with Crippen LogP contribution < -0.4 is 5.32 Å². The molecule has 2 rings (SSSR count). The summed E-state index contributed by atoms with van der Waals surface area (Å²) >= 11 is 0. The Balaban J connectivity index is 1.76. The zero-order valence-electron chi connectivity index (χ0n) is 11.3. The van der Waals surface area contributed by atoms with Crippen LogP contribution in [0.2, 0.25) is 0 Å². The predicted molar refractivity (Wildman–Crippen MR) is 76.7 cm³/mol. The molecule has 2 N–H and O–H groups in total. The second-order valence-corrected chi connectivity index (χ2v) is 4.38. The van der Waals surface area contributed by atoms with Crippen molar-refractivity contribution in [2.75, 3.05) is 6.54 Å². The Hall–Kier alpha value is -2.82. The maximum Gasteiger partial charge on any atom is 0.325 e. The first kappa shape index (κ1) is 14.6. The number of esters is 1. The van der Waals surface area contributed by atoms with E-state index in [2.05, 4.69) is 5.32 Å². The summed E-state index contributed by atoms with van der Waals surface area (Å²) in [5, 5.41) is 11.6. The lowest BCUT2D eigenvalue weighted by Crippen LogP contribution is -2.30. The van der Waals surface area contributed by atoms with Crippen LogP contribution in [0, 0.1) is 0 Å². The molecule has 0 fully saturated rings. The largest absolute Gasteiger partial charge is 0.508 e. The molecule has 0 saturated heterocycles. The van der Waals surface area contributed by atoms with Gasteiger partial charge in [0.1, 0.15) is 18.9 Å². The van der Waals surface area contributed by atoms with Crippen molar-refractivity contribution in [3.8, 4) is 5.75 Å². The van der Waals surface area contributed by atoms with E-state index >= 15 is 0 Å². The van der Waals surface area contributed by atoms with Gasteiger partial charge in [0, 0.05) is 5.56 Å². The fourth-order valence-corrected chi connectivity index (χ4v) is 1.66. The van der Waals surface area contributed by atoms with E-state index in [9.17, 15) is 9.59 Å². The van der Waals surface area contributed by atoms with E-state index in [1.807, 2.05) is 30.3 Å². The Morgan fingerprint density at radius 1 is 1.00 bits per heavy atom. The topological polar surface area (TPSA) is 75.6 Å². The molecule has 1 amide bonds. The van der Waals surface area contributed by atoms with Gasteiger partial charge in [-0.05, 0) is 29.8 Å². The van der Waals surface area contributed by atoms with Gasteiger partial charge >= 0.3 is 5.97 Å². The molecule has 0 saturated carbocycles. The number of carbonyl (C=O) groups excluding carboxylic acids is 2. The summed E-state index contributed by atoms with van der Waals surface area (Å²) in [6, 6.07) is 15.0. The minimum absolute atomic E-state index is 0.0776. The van der Waals surface area contributed by atoms with E-state index < -0.39 is 11.9 Å². The number of hydrogen-bond donors (Lipinski definition) is 2. The van der Waals surface area contributed by atoms with E-state index in [1.165, 1.54) is 24.3 Å². The molecule has 0 aliphatic carbocycles. The third-order valence-corrected chi connectivity index (χ3v) is 2.77. The Morgan fingerprint density at radius 3 is 2.33 bits per heavy atom. The molecule has 5 heteroatoms. The average Bonchev–Trinajstić information content (AvgIpc) is 2.52. The van der Waals surface area contributed by atoms with Gasteiger partial charge in [-0.1, -0.05) is 30.3 Å². The lowest BCUT2D eigenvalue weighted by Gasteiger charge is -2.06. The first-order valence-corrected chi connectivity index (χ1v) is 6.42. The van der Waals surface area contributed by atoms with Crippen molar-refractivity contribution < 1.29 is 19.4 Å². The summed E-state index contributed by atoms with van der Waals surface area (Å²) in [5.41, 5.74) is 1.25. The molecule has 5 nitrogen and oxygen atoms in total. The molecule has 0 heterocycles. The summed E-state index contributed by atoms with van der Waals surface area (Å²) in [6.07, 6.45) is 0. The Kier molecular flexibility index (Phi) is 4.93. The van der Waals surface area contributed by atoms with Crippen LogP contribution in [-0.4, -0.2) is 23.5 Å². The fourth-order valence-electron chi connectivity index (χ4n) is 1.66.